The summed E-state index contributed by atoms with van der Waals surface area (Å²) in [5.74, 6) is 0.697. The van der Waals surface area contributed by atoms with Gasteiger partial charge in [0.05, 0.1) is 17.1 Å². The molecule has 0 aliphatic rings. The van der Waals surface area contributed by atoms with Gasteiger partial charge in [0, 0.05) is 29.4 Å². The molecular formula is C24H28N6O2S2. The lowest BCUT2D eigenvalue weighted by Gasteiger charge is -2.08. The summed E-state index contributed by atoms with van der Waals surface area (Å²) in [6, 6.07) is 11.5. The van der Waals surface area contributed by atoms with E-state index in [4.69, 9.17) is 0 Å². The molecule has 0 aliphatic carbocycles. The summed E-state index contributed by atoms with van der Waals surface area (Å²) in [5, 5.41) is 14.4. The Hall–Kier alpha value is -3.11. The largest absolute Gasteiger partial charge is 0.319 e. The smallest absolute Gasteiger partial charge is 0.295 e. The molecule has 0 radical (unpaired) electrons. The van der Waals surface area contributed by atoms with Crippen LogP contribution in [0, 0.1) is 6.92 Å². The first kappa shape index (κ1) is 24.0. The molecule has 8 nitrogen and oxygen atoms in total. The van der Waals surface area contributed by atoms with E-state index in [1.54, 1.807) is 27.7 Å². The molecule has 0 saturated heterocycles. The van der Waals surface area contributed by atoms with E-state index in [1.165, 1.54) is 16.6 Å². The molecule has 0 atom stereocenters. The number of rotatable bonds is 9. The number of anilines is 1. The van der Waals surface area contributed by atoms with Gasteiger partial charge >= 0.3 is 0 Å². The third-order valence-electron chi connectivity index (χ3n) is 5.58. The molecule has 34 heavy (non-hydrogen) atoms. The third-order valence-corrected chi connectivity index (χ3v) is 7.62. The minimum atomic E-state index is -0.259. The van der Waals surface area contributed by atoms with Gasteiger partial charge < -0.3 is 9.88 Å². The molecule has 10 heteroatoms. The van der Waals surface area contributed by atoms with Crippen LogP contribution in [0.15, 0.2) is 51.7 Å². The molecule has 0 fully saturated rings. The van der Waals surface area contributed by atoms with Crippen LogP contribution in [0.2, 0.25) is 0 Å². The maximum absolute atomic E-state index is 13.0. The van der Waals surface area contributed by atoms with Crippen LogP contribution < -0.4 is 10.9 Å². The highest BCUT2D eigenvalue weighted by Crippen LogP contribution is 2.28. The molecule has 4 aromatic rings. The molecule has 3 aromatic heterocycles. The minimum Gasteiger partial charge on any atom is -0.319 e. The normalized spacial score (nSPS) is 11.2. The Bertz CT molecular complexity index is 1350. The summed E-state index contributed by atoms with van der Waals surface area (Å²) in [7, 11) is 1.80. The Kier molecular flexibility index (Phi) is 7.38. The second kappa shape index (κ2) is 10.4. The van der Waals surface area contributed by atoms with Crippen LogP contribution in [0.1, 0.15) is 30.8 Å². The monoisotopic (exact) mass is 496 g/mol. The highest BCUT2D eigenvalue weighted by atomic mass is 32.2. The van der Waals surface area contributed by atoms with E-state index in [2.05, 4.69) is 45.4 Å². The molecule has 178 valence electrons. The van der Waals surface area contributed by atoms with Crippen LogP contribution in [0.3, 0.4) is 0 Å². The van der Waals surface area contributed by atoms with Gasteiger partial charge in [-0.2, -0.15) is 0 Å². The van der Waals surface area contributed by atoms with Gasteiger partial charge in [0.2, 0.25) is 5.91 Å². The zero-order valence-electron chi connectivity index (χ0n) is 19.7. The van der Waals surface area contributed by atoms with Crippen LogP contribution in [0.25, 0.3) is 17.1 Å². The molecule has 1 amide bonds. The average Bonchev–Trinajstić information content (AvgIpc) is 3.53. The van der Waals surface area contributed by atoms with Crippen LogP contribution >= 0.6 is 23.1 Å². The van der Waals surface area contributed by atoms with Crippen molar-refractivity contribution in [2.45, 2.75) is 45.3 Å². The Morgan fingerprint density at radius 3 is 2.62 bits per heavy atom. The van der Waals surface area contributed by atoms with Crippen molar-refractivity contribution in [1.29, 1.82) is 0 Å². The molecule has 0 unspecified atom stereocenters. The summed E-state index contributed by atoms with van der Waals surface area (Å²) in [6.07, 6.45) is 1.91. The molecule has 0 spiro atoms. The minimum absolute atomic E-state index is 0.130. The van der Waals surface area contributed by atoms with Crippen molar-refractivity contribution in [2.24, 2.45) is 7.05 Å². The van der Waals surface area contributed by atoms with Crippen molar-refractivity contribution < 1.29 is 4.79 Å². The number of aromatic nitrogens is 5. The fourth-order valence-corrected chi connectivity index (χ4v) is 5.31. The van der Waals surface area contributed by atoms with Gasteiger partial charge in [-0.3, -0.25) is 14.3 Å². The van der Waals surface area contributed by atoms with Crippen LogP contribution in [0.5, 0.6) is 0 Å². The molecule has 0 aliphatic heterocycles. The second-order valence-electron chi connectivity index (χ2n) is 7.89. The van der Waals surface area contributed by atoms with Crippen molar-refractivity contribution in [3.63, 3.8) is 0 Å². The van der Waals surface area contributed by atoms with Gasteiger partial charge in [0.25, 0.3) is 5.56 Å². The average molecular weight is 497 g/mol. The lowest BCUT2D eigenvalue weighted by molar-refractivity contribution is -0.113. The van der Waals surface area contributed by atoms with Crippen LogP contribution in [-0.2, 0) is 24.8 Å². The van der Waals surface area contributed by atoms with Crippen molar-refractivity contribution in [1.82, 2.24) is 24.1 Å². The number of thioether (sulfide) groups is 1. The standard InChI is InChI=1S/C24H28N6O2S2/c1-5-12-29-22(17-13-19(6-2)33-14-17)26-27-24(29)34-15-20(31)25-21-16(3)28(4)30(23(21)32)18-10-8-7-9-11-18/h7-11,13-14H,5-6,12,15H2,1-4H3,(H,25,31). The molecule has 0 bridgehead atoms. The zero-order valence-corrected chi connectivity index (χ0v) is 21.4. The maximum atomic E-state index is 13.0. The van der Waals surface area contributed by atoms with Gasteiger partial charge in [-0.15, -0.1) is 21.5 Å². The van der Waals surface area contributed by atoms with Crippen LogP contribution in [0.4, 0.5) is 5.69 Å². The fraction of sp³-hybridized carbons (Fsp3) is 0.333. The quantitative estimate of drug-likeness (QED) is 0.345. The molecular weight excluding hydrogens is 468 g/mol. The molecule has 3 heterocycles. The Labute approximate surface area is 206 Å². The topological polar surface area (TPSA) is 86.7 Å². The van der Waals surface area contributed by atoms with Crippen molar-refractivity contribution >= 4 is 34.7 Å². The van der Waals surface area contributed by atoms with E-state index >= 15 is 0 Å². The first-order valence-electron chi connectivity index (χ1n) is 11.2. The van der Waals surface area contributed by atoms with Gasteiger partial charge in [0.1, 0.15) is 5.69 Å². The maximum Gasteiger partial charge on any atom is 0.295 e. The van der Waals surface area contributed by atoms with Gasteiger partial charge in [-0.05, 0) is 38.0 Å². The highest BCUT2D eigenvalue weighted by molar-refractivity contribution is 7.99. The number of para-hydroxylation sites is 1. The van der Waals surface area contributed by atoms with Crippen molar-refractivity contribution in [3.8, 4) is 17.1 Å². The van der Waals surface area contributed by atoms with Gasteiger partial charge in [-0.1, -0.05) is 43.8 Å². The fourth-order valence-electron chi connectivity index (χ4n) is 3.74. The number of hydrogen-bond acceptors (Lipinski definition) is 6. The lowest BCUT2D eigenvalue weighted by atomic mass is 10.2. The Morgan fingerprint density at radius 1 is 1.18 bits per heavy atom. The predicted octanol–water partition coefficient (Wildman–Crippen LogP) is 4.51. The van der Waals surface area contributed by atoms with E-state index in [-0.39, 0.29) is 22.9 Å². The predicted molar refractivity (Wildman–Crippen MR) is 138 cm³/mol. The van der Waals surface area contributed by atoms with Crippen LogP contribution in [-0.4, -0.2) is 35.8 Å². The number of amides is 1. The number of nitrogens with one attached hydrogen (secondary N) is 1. The summed E-state index contributed by atoms with van der Waals surface area (Å²) >= 11 is 3.05. The number of benzene rings is 1. The van der Waals surface area contributed by atoms with E-state index < -0.39 is 0 Å². The summed E-state index contributed by atoms with van der Waals surface area (Å²) < 4.78 is 5.36. The molecule has 1 N–H and O–H groups in total. The zero-order chi connectivity index (χ0) is 24.2. The number of hydrogen-bond donors (Lipinski definition) is 1. The van der Waals surface area contributed by atoms with Gasteiger partial charge in [-0.25, -0.2) is 4.68 Å². The number of aryl methyl sites for hydroxylation is 1. The number of nitrogens with zero attached hydrogens (tertiary/aromatic N) is 5. The number of thiophene rings is 1. The number of carbonyl (C=O) groups is 1. The molecule has 0 saturated carbocycles. The summed E-state index contributed by atoms with van der Waals surface area (Å²) in [6.45, 7) is 6.82. The van der Waals surface area contributed by atoms with E-state index in [1.807, 2.05) is 37.3 Å². The first-order chi connectivity index (χ1) is 16.4. The Balaban J connectivity index is 1.50. The SMILES string of the molecule is CCCn1c(SCC(=O)Nc2c(C)n(C)n(-c3ccccc3)c2=O)nnc1-c1csc(CC)c1. The summed E-state index contributed by atoms with van der Waals surface area (Å²) in [5.41, 5.74) is 2.52. The highest BCUT2D eigenvalue weighted by Gasteiger charge is 2.20. The van der Waals surface area contributed by atoms with E-state index in [9.17, 15) is 9.59 Å². The van der Waals surface area contributed by atoms with Crippen molar-refractivity contribution in [3.05, 3.63) is 62.7 Å². The second-order valence-corrected chi connectivity index (χ2v) is 9.82. The lowest BCUT2D eigenvalue weighted by Crippen LogP contribution is -2.23. The first-order valence-corrected chi connectivity index (χ1v) is 13.1. The van der Waals surface area contributed by atoms with Gasteiger partial charge in [0.15, 0.2) is 11.0 Å². The van der Waals surface area contributed by atoms with E-state index in [0.29, 0.717) is 10.9 Å². The van der Waals surface area contributed by atoms with Crippen molar-refractivity contribution in [2.75, 3.05) is 11.1 Å². The third kappa shape index (κ3) is 4.74. The van der Waals surface area contributed by atoms with E-state index in [0.717, 1.165) is 36.5 Å². The molecule has 4 rings (SSSR count). The Morgan fingerprint density at radius 2 is 1.94 bits per heavy atom. The summed E-state index contributed by atoms with van der Waals surface area (Å²) in [4.78, 5) is 27.1. The number of carbonyl (C=O) groups excluding carboxylic acids is 1. The molecule has 1 aromatic carbocycles.